The van der Waals surface area contributed by atoms with Crippen LogP contribution in [0.3, 0.4) is 0 Å². The monoisotopic (exact) mass is 197 g/mol. The van der Waals surface area contributed by atoms with Gasteiger partial charge in [-0.15, -0.1) is 0 Å². The minimum absolute atomic E-state index is 0.285. The molecule has 2 aromatic rings. The predicted octanol–water partition coefficient (Wildman–Crippen LogP) is 2.63. The molecule has 2 rings (SSSR count). The topological polar surface area (TPSA) is 35.2 Å². The van der Waals surface area contributed by atoms with Gasteiger partial charge in [0.05, 0.1) is 11.8 Å². The van der Waals surface area contributed by atoms with E-state index in [0.29, 0.717) is 5.69 Å². The molecule has 0 radical (unpaired) electrons. The van der Waals surface area contributed by atoms with Crippen LogP contribution in [0.15, 0.2) is 18.2 Å². The number of halogens is 1. The number of thiophene rings is 1. The Labute approximate surface area is 78.7 Å². The van der Waals surface area contributed by atoms with Crippen molar-refractivity contribution in [3.05, 3.63) is 23.3 Å². The summed E-state index contributed by atoms with van der Waals surface area (Å²) in [5, 5.41) is 0.417. The zero-order valence-corrected chi connectivity index (χ0v) is 7.82. The van der Waals surface area contributed by atoms with E-state index in [1.165, 1.54) is 7.11 Å². The molecule has 1 heterocycles. The van der Waals surface area contributed by atoms with Crippen LogP contribution >= 0.6 is 11.3 Å². The lowest BCUT2D eigenvalue weighted by Gasteiger charge is -1.97. The number of nitrogens with two attached hydrogens (primary N) is 1. The Balaban J connectivity index is 2.86. The molecule has 1 aromatic heterocycles. The molecule has 0 aliphatic rings. The summed E-state index contributed by atoms with van der Waals surface area (Å²) in [5.41, 5.74) is 6.27. The van der Waals surface area contributed by atoms with E-state index in [0.717, 1.165) is 21.4 Å². The van der Waals surface area contributed by atoms with Crippen LogP contribution in [0.1, 0.15) is 0 Å². The van der Waals surface area contributed by atoms with E-state index in [9.17, 15) is 4.39 Å². The fourth-order valence-electron chi connectivity index (χ4n) is 1.28. The van der Waals surface area contributed by atoms with Crippen molar-refractivity contribution >= 4 is 27.1 Å². The van der Waals surface area contributed by atoms with E-state index in [2.05, 4.69) is 0 Å². The van der Waals surface area contributed by atoms with Gasteiger partial charge in [0.25, 0.3) is 0 Å². The smallest absolute Gasteiger partial charge is 0.219 e. The number of methoxy groups -OCH3 is 1. The Morgan fingerprint density at radius 3 is 2.92 bits per heavy atom. The van der Waals surface area contributed by atoms with Gasteiger partial charge in [0, 0.05) is 11.1 Å². The maximum Gasteiger partial charge on any atom is 0.219 e. The van der Waals surface area contributed by atoms with Gasteiger partial charge in [-0.05, 0) is 12.1 Å². The summed E-state index contributed by atoms with van der Waals surface area (Å²) in [6, 6.07) is 5.33. The molecule has 0 aliphatic carbocycles. The molecule has 2 nitrogen and oxygen atoms in total. The number of hydrogen-bond acceptors (Lipinski definition) is 3. The molecular formula is C9H8FNOS. The molecule has 13 heavy (non-hydrogen) atoms. The van der Waals surface area contributed by atoms with Crippen LogP contribution in [-0.2, 0) is 0 Å². The molecule has 0 unspecified atom stereocenters. The highest BCUT2D eigenvalue weighted by atomic mass is 32.1. The minimum atomic E-state index is -0.324. The van der Waals surface area contributed by atoms with Crippen molar-refractivity contribution in [1.82, 2.24) is 0 Å². The zero-order chi connectivity index (χ0) is 9.42. The van der Waals surface area contributed by atoms with Gasteiger partial charge in [-0.1, -0.05) is 17.4 Å². The van der Waals surface area contributed by atoms with Crippen molar-refractivity contribution < 1.29 is 9.13 Å². The molecule has 2 N–H and O–H groups in total. The third-order valence-electron chi connectivity index (χ3n) is 1.86. The molecular weight excluding hydrogens is 189 g/mol. The molecule has 68 valence electrons. The number of ether oxygens (including phenoxy) is 1. The maximum atomic E-state index is 13.2. The summed E-state index contributed by atoms with van der Waals surface area (Å²) in [6.07, 6.45) is 0. The first-order chi connectivity index (χ1) is 6.24. The molecule has 0 bridgehead atoms. The van der Waals surface area contributed by atoms with Gasteiger partial charge in [0.15, 0.2) is 5.75 Å². The zero-order valence-electron chi connectivity index (χ0n) is 7.00. The van der Waals surface area contributed by atoms with Crippen molar-refractivity contribution in [2.24, 2.45) is 0 Å². The SMILES string of the molecule is COc1c(F)sc2c(N)cccc12. The fraction of sp³-hybridized carbons (Fsp3) is 0.111. The van der Waals surface area contributed by atoms with Crippen LogP contribution in [0.5, 0.6) is 5.75 Å². The van der Waals surface area contributed by atoms with Crippen LogP contribution in [0.2, 0.25) is 0 Å². The summed E-state index contributed by atoms with van der Waals surface area (Å²) < 4.78 is 18.9. The second kappa shape index (κ2) is 2.88. The number of nitrogen functional groups attached to an aromatic ring is 1. The van der Waals surface area contributed by atoms with Crippen LogP contribution in [-0.4, -0.2) is 7.11 Å². The molecule has 0 spiro atoms. The van der Waals surface area contributed by atoms with E-state index in [1.54, 1.807) is 18.2 Å². The van der Waals surface area contributed by atoms with Crippen LogP contribution in [0, 0.1) is 5.13 Å². The minimum Gasteiger partial charge on any atom is -0.492 e. The van der Waals surface area contributed by atoms with Gasteiger partial charge in [-0.2, -0.15) is 4.39 Å². The summed E-state index contributed by atoms with van der Waals surface area (Å²) in [5.74, 6) is 0.285. The second-order valence-electron chi connectivity index (χ2n) is 2.63. The first kappa shape index (κ1) is 8.31. The summed E-state index contributed by atoms with van der Waals surface area (Å²) in [4.78, 5) is 0. The van der Waals surface area contributed by atoms with Gasteiger partial charge in [-0.25, -0.2) is 0 Å². The Morgan fingerprint density at radius 2 is 2.23 bits per heavy atom. The number of anilines is 1. The van der Waals surface area contributed by atoms with Gasteiger partial charge >= 0.3 is 0 Å². The Hall–Kier alpha value is -1.29. The van der Waals surface area contributed by atoms with E-state index in [-0.39, 0.29) is 10.9 Å². The molecule has 0 aliphatic heterocycles. The van der Waals surface area contributed by atoms with Crippen molar-refractivity contribution in [2.45, 2.75) is 0 Å². The Kier molecular flexibility index (Phi) is 1.84. The highest BCUT2D eigenvalue weighted by Crippen LogP contribution is 2.38. The highest BCUT2D eigenvalue weighted by Gasteiger charge is 2.13. The molecule has 0 atom stereocenters. The average molecular weight is 197 g/mol. The average Bonchev–Trinajstić information content (AvgIpc) is 2.43. The number of fused-ring (bicyclic) bond motifs is 1. The lowest BCUT2D eigenvalue weighted by atomic mass is 10.2. The first-order valence-electron chi connectivity index (χ1n) is 3.74. The van der Waals surface area contributed by atoms with Crippen LogP contribution in [0.25, 0.3) is 10.1 Å². The van der Waals surface area contributed by atoms with E-state index in [1.807, 2.05) is 0 Å². The number of benzene rings is 1. The predicted molar refractivity (Wildman–Crippen MR) is 52.7 cm³/mol. The number of hydrogen-bond donors (Lipinski definition) is 1. The molecule has 1 aromatic carbocycles. The Morgan fingerprint density at radius 1 is 1.46 bits per heavy atom. The van der Waals surface area contributed by atoms with Crippen molar-refractivity contribution in [3.63, 3.8) is 0 Å². The first-order valence-corrected chi connectivity index (χ1v) is 4.56. The van der Waals surface area contributed by atoms with Crippen LogP contribution < -0.4 is 10.5 Å². The largest absolute Gasteiger partial charge is 0.492 e. The van der Waals surface area contributed by atoms with Crippen LogP contribution in [0.4, 0.5) is 10.1 Å². The van der Waals surface area contributed by atoms with Gasteiger partial charge in [-0.3, -0.25) is 0 Å². The summed E-state index contributed by atoms with van der Waals surface area (Å²) >= 11 is 1.01. The van der Waals surface area contributed by atoms with E-state index < -0.39 is 0 Å². The Bertz CT molecular complexity index is 452. The van der Waals surface area contributed by atoms with Gasteiger partial charge in [0.1, 0.15) is 0 Å². The molecule has 0 saturated carbocycles. The quantitative estimate of drug-likeness (QED) is 0.713. The van der Waals surface area contributed by atoms with Crippen molar-refractivity contribution in [2.75, 3.05) is 12.8 Å². The normalized spacial score (nSPS) is 10.6. The summed E-state index contributed by atoms with van der Waals surface area (Å²) in [6.45, 7) is 0. The molecule has 0 fully saturated rings. The number of rotatable bonds is 1. The lowest BCUT2D eigenvalue weighted by Crippen LogP contribution is -1.84. The molecule has 4 heteroatoms. The van der Waals surface area contributed by atoms with Crippen molar-refractivity contribution in [1.29, 1.82) is 0 Å². The van der Waals surface area contributed by atoms with E-state index in [4.69, 9.17) is 10.5 Å². The lowest BCUT2D eigenvalue weighted by molar-refractivity contribution is 0.398. The molecule has 0 saturated heterocycles. The second-order valence-corrected chi connectivity index (χ2v) is 3.60. The maximum absolute atomic E-state index is 13.2. The standard InChI is InChI=1S/C9H8FNOS/c1-12-7-5-3-2-4-6(11)8(5)13-9(7)10/h2-4H,11H2,1H3. The van der Waals surface area contributed by atoms with Gasteiger partial charge < -0.3 is 10.5 Å². The molecule has 0 amide bonds. The summed E-state index contributed by atoms with van der Waals surface area (Å²) in [7, 11) is 1.45. The van der Waals surface area contributed by atoms with Crippen molar-refractivity contribution in [3.8, 4) is 5.75 Å². The van der Waals surface area contributed by atoms with Gasteiger partial charge in [0.2, 0.25) is 5.13 Å². The third kappa shape index (κ3) is 1.14. The highest BCUT2D eigenvalue weighted by molar-refractivity contribution is 7.18. The fourth-order valence-corrected chi connectivity index (χ4v) is 2.20. The third-order valence-corrected chi connectivity index (χ3v) is 2.89. The van der Waals surface area contributed by atoms with E-state index >= 15 is 0 Å².